The van der Waals surface area contributed by atoms with Crippen LogP contribution in [0.25, 0.3) is 0 Å². The third-order valence-electron chi connectivity index (χ3n) is 5.58. The van der Waals surface area contributed by atoms with Gasteiger partial charge < -0.3 is 19.4 Å². The molecule has 2 aliphatic rings. The van der Waals surface area contributed by atoms with Crippen LogP contribution in [0.2, 0.25) is 0 Å². The molecule has 0 radical (unpaired) electrons. The average molecular weight is 393 g/mol. The van der Waals surface area contributed by atoms with Gasteiger partial charge in [-0.2, -0.15) is 0 Å². The summed E-state index contributed by atoms with van der Waals surface area (Å²) in [6.07, 6.45) is 1.72. The first kappa shape index (κ1) is 19.3. The molecule has 6 heteroatoms. The lowest BCUT2D eigenvalue weighted by Crippen LogP contribution is -2.42. The number of rotatable bonds is 4. The summed E-state index contributed by atoms with van der Waals surface area (Å²) in [6, 6.07) is 17.6. The fourth-order valence-electron chi connectivity index (χ4n) is 3.69. The number of hydrogen-bond acceptors (Lipinski definition) is 4. The molecule has 2 aromatic rings. The molecule has 0 unspecified atom stereocenters. The van der Waals surface area contributed by atoms with E-state index in [0.29, 0.717) is 19.7 Å². The van der Waals surface area contributed by atoms with Crippen LogP contribution in [-0.2, 0) is 11.3 Å². The topological polar surface area (TPSA) is 53.1 Å². The summed E-state index contributed by atoms with van der Waals surface area (Å²) in [5.74, 6) is 0.117. The minimum atomic E-state index is -0.258. The molecule has 0 spiro atoms. The zero-order valence-electron chi connectivity index (χ0n) is 16.6. The molecule has 4 rings (SSSR count). The highest BCUT2D eigenvalue weighted by molar-refractivity contribution is 5.95. The minimum Gasteiger partial charge on any atom is -0.445 e. The molecule has 6 nitrogen and oxygen atoms in total. The lowest BCUT2D eigenvalue weighted by molar-refractivity contribution is 0.0651. The molecule has 152 valence electrons. The van der Waals surface area contributed by atoms with Gasteiger partial charge >= 0.3 is 6.09 Å². The van der Waals surface area contributed by atoms with Crippen molar-refractivity contribution in [1.82, 2.24) is 9.80 Å². The van der Waals surface area contributed by atoms with E-state index in [4.69, 9.17) is 4.74 Å². The van der Waals surface area contributed by atoms with Crippen molar-refractivity contribution in [2.24, 2.45) is 0 Å². The summed E-state index contributed by atoms with van der Waals surface area (Å²) < 4.78 is 5.47. The molecule has 2 amide bonds. The Kier molecular flexibility index (Phi) is 5.98. The molecule has 0 bridgehead atoms. The van der Waals surface area contributed by atoms with Crippen LogP contribution in [-0.4, -0.2) is 61.1 Å². The van der Waals surface area contributed by atoms with Crippen LogP contribution in [0.15, 0.2) is 54.6 Å². The number of anilines is 1. The highest BCUT2D eigenvalue weighted by atomic mass is 16.6. The molecule has 2 aromatic carbocycles. The molecule has 0 aromatic heterocycles. The minimum absolute atomic E-state index is 0.117. The largest absolute Gasteiger partial charge is 0.445 e. The van der Waals surface area contributed by atoms with Crippen molar-refractivity contribution in [2.45, 2.75) is 19.4 Å². The van der Waals surface area contributed by atoms with Crippen LogP contribution >= 0.6 is 0 Å². The summed E-state index contributed by atoms with van der Waals surface area (Å²) in [7, 11) is 0. The summed E-state index contributed by atoms with van der Waals surface area (Å²) >= 11 is 0. The molecule has 2 saturated heterocycles. The number of ether oxygens (including phenoxy) is 1. The second-order valence-corrected chi connectivity index (χ2v) is 7.56. The van der Waals surface area contributed by atoms with Gasteiger partial charge in [-0.3, -0.25) is 4.79 Å². The highest BCUT2D eigenvalue weighted by Crippen LogP contribution is 2.20. The van der Waals surface area contributed by atoms with E-state index in [1.165, 1.54) is 0 Å². The normalized spacial score (nSPS) is 16.8. The van der Waals surface area contributed by atoms with Crippen molar-refractivity contribution >= 4 is 17.7 Å². The van der Waals surface area contributed by atoms with E-state index in [1.807, 2.05) is 59.5 Å². The third kappa shape index (κ3) is 4.70. The number of benzene rings is 2. The third-order valence-corrected chi connectivity index (χ3v) is 5.58. The van der Waals surface area contributed by atoms with Crippen molar-refractivity contribution in [3.8, 4) is 0 Å². The van der Waals surface area contributed by atoms with Crippen LogP contribution in [0.1, 0.15) is 28.8 Å². The molecule has 2 fully saturated rings. The second kappa shape index (κ2) is 8.99. The van der Waals surface area contributed by atoms with E-state index in [-0.39, 0.29) is 12.0 Å². The molecule has 0 saturated carbocycles. The Hall–Kier alpha value is -3.02. The second-order valence-electron chi connectivity index (χ2n) is 7.56. The molecule has 29 heavy (non-hydrogen) atoms. The van der Waals surface area contributed by atoms with Crippen molar-refractivity contribution < 1.29 is 14.3 Å². The number of nitrogens with zero attached hydrogens (tertiary/aromatic N) is 3. The van der Waals surface area contributed by atoms with Crippen LogP contribution in [0.4, 0.5) is 10.5 Å². The number of amides is 2. The zero-order chi connectivity index (χ0) is 20.1. The SMILES string of the molecule is O=C(OCc1ccccc1)N1CCCN(c2ccc(C(=O)N3CCC3)cc2)CC1. The fraction of sp³-hybridized carbons (Fsp3) is 0.391. The summed E-state index contributed by atoms with van der Waals surface area (Å²) in [4.78, 5) is 30.7. The lowest BCUT2D eigenvalue weighted by atomic mass is 10.1. The Balaban J connectivity index is 1.30. The molecular weight excluding hydrogens is 366 g/mol. The first-order valence-electron chi connectivity index (χ1n) is 10.3. The van der Waals surface area contributed by atoms with Gasteiger partial charge in [0.15, 0.2) is 0 Å². The summed E-state index contributed by atoms with van der Waals surface area (Å²) in [6.45, 7) is 4.97. The number of hydrogen-bond donors (Lipinski definition) is 0. The van der Waals surface area contributed by atoms with Gasteiger partial charge in [-0.1, -0.05) is 30.3 Å². The molecule has 0 atom stereocenters. The zero-order valence-corrected chi connectivity index (χ0v) is 16.6. The van der Waals surface area contributed by atoms with Gasteiger partial charge in [0, 0.05) is 50.5 Å². The van der Waals surface area contributed by atoms with E-state index in [2.05, 4.69) is 4.90 Å². The average Bonchev–Trinajstić information content (AvgIpc) is 2.98. The smallest absolute Gasteiger partial charge is 0.410 e. The Labute approximate surface area is 171 Å². The maximum Gasteiger partial charge on any atom is 0.410 e. The van der Waals surface area contributed by atoms with Crippen molar-refractivity contribution in [1.29, 1.82) is 0 Å². The standard InChI is InChI=1S/C23H27N3O3/c27-22(25-13-5-14-25)20-8-10-21(11-9-20)24-12-4-15-26(17-16-24)23(28)29-18-19-6-2-1-3-7-19/h1-3,6-11H,4-5,12-18H2. The van der Waals surface area contributed by atoms with Gasteiger partial charge in [0.25, 0.3) is 5.91 Å². The van der Waals surface area contributed by atoms with Crippen molar-refractivity contribution in [3.05, 3.63) is 65.7 Å². The predicted octanol–water partition coefficient (Wildman–Crippen LogP) is 3.38. The Morgan fingerprint density at radius 3 is 2.14 bits per heavy atom. The van der Waals surface area contributed by atoms with E-state index >= 15 is 0 Å². The van der Waals surface area contributed by atoms with Gasteiger partial charge in [-0.15, -0.1) is 0 Å². The highest BCUT2D eigenvalue weighted by Gasteiger charge is 2.23. The van der Waals surface area contributed by atoms with E-state index < -0.39 is 0 Å². The van der Waals surface area contributed by atoms with Gasteiger partial charge in [0.2, 0.25) is 0 Å². The van der Waals surface area contributed by atoms with Crippen molar-refractivity contribution in [3.63, 3.8) is 0 Å². The van der Waals surface area contributed by atoms with E-state index in [9.17, 15) is 9.59 Å². The molecule has 2 aliphatic heterocycles. The van der Waals surface area contributed by atoms with Gasteiger partial charge in [0.1, 0.15) is 6.61 Å². The van der Waals surface area contributed by atoms with Gasteiger partial charge in [0.05, 0.1) is 0 Å². The summed E-state index contributed by atoms with van der Waals surface area (Å²) in [5, 5.41) is 0. The maximum atomic E-state index is 12.4. The number of likely N-dealkylation sites (tertiary alicyclic amines) is 1. The van der Waals surface area contributed by atoms with E-state index in [1.54, 1.807) is 4.90 Å². The van der Waals surface area contributed by atoms with Gasteiger partial charge in [-0.05, 0) is 42.7 Å². The van der Waals surface area contributed by atoms with Gasteiger partial charge in [-0.25, -0.2) is 4.79 Å². The molecule has 0 N–H and O–H groups in total. The maximum absolute atomic E-state index is 12.4. The monoisotopic (exact) mass is 393 g/mol. The molecule has 0 aliphatic carbocycles. The number of carbonyl (C=O) groups is 2. The van der Waals surface area contributed by atoms with Crippen LogP contribution in [0.3, 0.4) is 0 Å². The predicted molar refractivity (Wildman–Crippen MR) is 112 cm³/mol. The molecular formula is C23H27N3O3. The van der Waals surface area contributed by atoms with Crippen molar-refractivity contribution in [2.75, 3.05) is 44.2 Å². The lowest BCUT2D eigenvalue weighted by Gasteiger charge is -2.31. The van der Waals surface area contributed by atoms with Crippen LogP contribution < -0.4 is 4.90 Å². The number of carbonyl (C=O) groups excluding carboxylic acids is 2. The Morgan fingerprint density at radius 2 is 1.45 bits per heavy atom. The van der Waals surface area contributed by atoms with Crippen LogP contribution in [0.5, 0.6) is 0 Å². The summed E-state index contributed by atoms with van der Waals surface area (Å²) in [5.41, 5.74) is 2.82. The van der Waals surface area contributed by atoms with Crippen LogP contribution in [0, 0.1) is 0 Å². The Morgan fingerprint density at radius 1 is 0.759 bits per heavy atom. The van der Waals surface area contributed by atoms with E-state index in [0.717, 1.165) is 55.8 Å². The Bertz CT molecular complexity index is 834. The first-order chi connectivity index (χ1) is 14.2. The first-order valence-corrected chi connectivity index (χ1v) is 10.3. The molecule has 2 heterocycles. The quantitative estimate of drug-likeness (QED) is 0.799. The fourth-order valence-corrected chi connectivity index (χ4v) is 3.69.